The zero-order chi connectivity index (χ0) is 15.4. The molecule has 0 aliphatic rings. The molecule has 0 saturated heterocycles. The van der Waals surface area contributed by atoms with Gasteiger partial charge in [0.05, 0.1) is 5.92 Å². The molecule has 0 saturated carbocycles. The van der Waals surface area contributed by atoms with Crippen LogP contribution in [0.25, 0.3) is 11.4 Å². The second kappa shape index (κ2) is 6.26. The van der Waals surface area contributed by atoms with E-state index >= 15 is 0 Å². The van der Waals surface area contributed by atoms with Gasteiger partial charge >= 0.3 is 0 Å². The maximum atomic E-state index is 11.9. The number of nitrogens with zero attached hydrogens (tertiary/aromatic N) is 2. The fraction of sp³-hybridized carbons (Fsp3) is 0.188. The molecule has 0 aliphatic carbocycles. The average molecular weight is 296 g/mol. The molecule has 0 spiro atoms. The molecule has 0 fully saturated rings. The molecule has 22 heavy (non-hydrogen) atoms. The first kappa shape index (κ1) is 14.1. The Labute approximate surface area is 127 Å². The Balaban J connectivity index is 1.62. The fourth-order valence-corrected chi connectivity index (χ4v) is 2.04. The van der Waals surface area contributed by atoms with E-state index in [4.69, 9.17) is 4.52 Å². The maximum Gasteiger partial charge on any atom is 0.267 e. The topological polar surface area (TPSA) is 83.8 Å². The first-order valence-electron chi connectivity index (χ1n) is 7.04. The minimum absolute atomic E-state index is 0.0659. The number of H-pyrrole nitrogens is 1. The highest BCUT2D eigenvalue weighted by atomic mass is 16.5. The van der Waals surface area contributed by atoms with E-state index in [-0.39, 0.29) is 11.8 Å². The van der Waals surface area contributed by atoms with Crippen LogP contribution >= 0.6 is 0 Å². The van der Waals surface area contributed by atoms with Gasteiger partial charge < -0.3 is 14.8 Å². The molecule has 2 N–H and O–H groups in total. The normalized spacial score (nSPS) is 12.0. The first-order valence-corrected chi connectivity index (χ1v) is 7.04. The smallest absolute Gasteiger partial charge is 0.267 e. The molecule has 1 atom stereocenters. The summed E-state index contributed by atoms with van der Waals surface area (Å²) in [4.78, 5) is 19.1. The van der Waals surface area contributed by atoms with Crippen LogP contribution in [0.3, 0.4) is 0 Å². The van der Waals surface area contributed by atoms with Crippen molar-refractivity contribution in [3.05, 3.63) is 60.2 Å². The van der Waals surface area contributed by atoms with Gasteiger partial charge in [-0.2, -0.15) is 4.98 Å². The Hall–Kier alpha value is -2.89. The van der Waals surface area contributed by atoms with Crippen molar-refractivity contribution in [2.75, 3.05) is 6.54 Å². The van der Waals surface area contributed by atoms with Gasteiger partial charge in [-0.3, -0.25) is 4.79 Å². The van der Waals surface area contributed by atoms with Gasteiger partial charge in [0, 0.05) is 18.3 Å². The van der Waals surface area contributed by atoms with Crippen LogP contribution in [-0.2, 0) is 0 Å². The number of benzene rings is 1. The third-order valence-corrected chi connectivity index (χ3v) is 3.31. The minimum atomic E-state index is -0.153. The van der Waals surface area contributed by atoms with Crippen molar-refractivity contribution in [2.45, 2.75) is 12.8 Å². The highest BCUT2D eigenvalue weighted by Gasteiger charge is 2.16. The number of aromatic amines is 1. The summed E-state index contributed by atoms with van der Waals surface area (Å²) >= 11 is 0. The van der Waals surface area contributed by atoms with Crippen LogP contribution < -0.4 is 5.32 Å². The lowest BCUT2D eigenvalue weighted by molar-refractivity contribution is 0.0946. The van der Waals surface area contributed by atoms with Gasteiger partial charge in [-0.25, -0.2) is 0 Å². The number of nitrogens with one attached hydrogen (secondary N) is 2. The Bertz CT molecular complexity index is 735. The third kappa shape index (κ3) is 3.06. The van der Waals surface area contributed by atoms with Crippen LogP contribution in [0.4, 0.5) is 0 Å². The zero-order valence-corrected chi connectivity index (χ0v) is 12.1. The molecule has 0 bridgehead atoms. The molecule has 3 aromatic rings. The number of carbonyl (C=O) groups excluding carboxylic acids is 1. The molecule has 1 amide bonds. The number of hydrogen-bond donors (Lipinski definition) is 2. The lowest BCUT2D eigenvalue weighted by atomic mass is 10.1. The van der Waals surface area contributed by atoms with Crippen molar-refractivity contribution in [3.63, 3.8) is 0 Å². The predicted molar refractivity (Wildman–Crippen MR) is 81.3 cm³/mol. The summed E-state index contributed by atoms with van der Waals surface area (Å²) in [6.45, 7) is 2.35. The minimum Gasteiger partial charge on any atom is -0.357 e. The standard InChI is InChI=1S/C16H16N4O2/c1-11(10-18-15(21)13-8-5-9-17-13)16-19-14(20-22-16)12-6-3-2-4-7-12/h2-9,11,17H,10H2,1H3,(H,18,21). The van der Waals surface area contributed by atoms with Gasteiger partial charge in [0.25, 0.3) is 5.91 Å². The monoisotopic (exact) mass is 296 g/mol. The Morgan fingerprint density at radius 3 is 2.82 bits per heavy atom. The molecule has 1 aromatic carbocycles. The van der Waals surface area contributed by atoms with Crippen LogP contribution in [0.2, 0.25) is 0 Å². The molecule has 1 unspecified atom stereocenters. The second-order valence-corrected chi connectivity index (χ2v) is 5.02. The number of aromatic nitrogens is 3. The van der Waals surface area contributed by atoms with Crippen molar-refractivity contribution in [3.8, 4) is 11.4 Å². The summed E-state index contributed by atoms with van der Waals surface area (Å²) < 4.78 is 5.28. The van der Waals surface area contributed by atoms with Crippen LogP contribution in [0, 0.1) is 0 Å². The highest BCUT2D eigenvalue weighted by Crippen LogP contribution is 2.19. The van der Waals surface area contributed by atoms with E-state index in [9.17, 15) is 4.79 Å². The van der Waals surface area contributed by atoms with E-state index in [1.165, 1.54) is 0 Å². The van der Waals surface area contributed by atoms with Crippen LogP contribution in [0.1, 0.15) is 29.2 Å². The molecule has 0 radical (unpaired) electrons. The first-order chi connectivity index (χ1) is 10.7. The van der Waals surface area contributed by atoms with Crippen molar-refractivity contribution in [1.29, 1.82) is 0 Å². The maximum absolute atomic E-state index is 11.9. The molecular formula is C16H16N4O2. The van der Waals surface area contributed by atoms with E-state index in [2.05, 4.69) is 20.4 Å². The molecule has 112 valence electrons. The summed E-state index contributed by atoms with van der Waals surface area (Å²) in [5.41, 5.74) is 1.43. The second-order valence-electron chi connectivity index (χ2n) is 5.02. The number of amides is 1. The predicted octanol–water partition coefficient (Wildman–Crippen LogP) is 2.60. The van der Waals surface area contributed by atoms with Crippen molar-refractivity contribution in [1.82, 2.24) is 20.4 Å². The SMILES string of the molecule is CC(CNC(=O)c1ccc[nH]1)c1nc(-c2ccccc2)no1. The Morgan fingerprint density at radius 1 is 1.27 bits per heavy atom. The molecular weight excluding hydrogens is 280 g/mol. The Morgan fingerprint density at radius 2 is 2.09 bits per heavy atom. The quantitative estimate of drug-likeness (QED) is 0.758. The lowest BCUT2D eigenvalue weighted by Crippen LogP contribution is -2.27. The number of hydrogen-bond acceptors (Lipinski definition) is 4. The third-order valence-electron chi connectivity index (χ3n) is 3.31. The summed E-state index contributed by atoms with van der Waals surface area (Å²) in [6, 6.07) is 13.1. The fourth-order valence-electron chi connectivity index (χ4n) is 2.04. The van der Waals surface area contributed by atoms with Crippen LogP contribution in [0.15, 0.2) is 53.2 Å². The van der Waals surface area contributed by atoms with Crippen molar-refractivity contribution in [2.24, 2.45) is 0 Å². The molecule has 2 aromatic heterocycles. The van der Waals surface area contributed by atoms with Crippen LogP contribution in [-0.4, -0.2) is 27.6 Å². The number of carbonyl (C=O) groups is 1. The average Bonchev–Trinajstić information content (AvgIpc) is 3.24. The largest absolute Gasteiger partial charge is 0.357 e. The van der Waals surface area contributed by atoms with Crippen LogP contribution in [0.5, 0.6) is 0 Å². The number of rotatable bonds is 5. The Kier molecular flexibility index (Phi) is 4.00. The summed E-state index contributed by atoms with van der Waals surface area (Å²) in [7, 11) is 0. The van der Waals surface area contributed by atoms with Gasteiger partial charge in [0.2, 0.25) is 11.7 Å². The molecule has 6 heteroatoms. The molecule has 6 nitrogen and oxygen atoms in total. The van der Waals surface area contributed by atoms with Gasteiger partial charge in [-0.05, 0) is 12.1 Å². The van der Waals surface area contributed by atoms with E-state index in [0.717, 1.165) is 5.56 Å². The van der Waals surface area contributed by atoms with E-state index < -0.39 is 0 Å². The summed E-state index contributed by atoms with van der Waals surface area (Å²) in [6.07, 6.45) is 1.71. The van der Waals surface area contributed by atoms with Gasteiger partial charge in [-0.1, -0.05) is 42.4 Å². The summed E-state index contributed by atoms with van der Waals surface area (Å²) in [5.74, 6) is 0.840. The van der Waals surface area contributed by atoms with Gasteiger partial charge in [0.1, 0.15) is 5.69 Å². The summed E-state index contributed by atoms with van der Waals surface area (Å²) in [5, 5.41) is 6.81. The zero-order valence-electron chi connectivity index (χ0n) is 12.1. The highest BCUT2D eigenvalue weighted by molar-refractivity contribution is 5.92. The molecule has 0 aliphatic heterocycles. The molecule has 2 heterocycles. The van der Waals surface area contributed by atoms with Crippen molar-refractivity contribution >= 4 is 5.91 Å². The lowest BCUT2D eigenvalue weighted by Gasteiger charge is -2.07. The molecule has 3 rings (SSSR count). The van der Waals surface area contributed by atoms with Gasteiger partial charge in [-0.15, -0.1) is 0 Å². The van der Waals surface area contributed by atoms with E-state index in [1.807, 2.05) is 37.3 Å². The van der Waals surface area contributed by atoms with E-state index in [1.54, 1.807) is 18.3 Å². The van der Waals surface area contributed by atoms with E-state index in [0.29, 0.717) is 24.0 Å². The van der Waals surface area contributed by atoms with Gasteiger partial charge in [0.15, 0.2) is 0 Å². The van der Waals surface area contributed by atoms with Crippen molar-refractivity contribution < 1.29 is 9.32 Å².